The van der Waals surface area contributed by atoms with Gasteiger partial charge in [0.2, 0.25) is 17.7 Å². The second-order valence-electron chi connectivity index (χ2n) is 6.24. The van der Waals surface area contributed by atoms with E-state index in [4.69, 9.17) is 9.15 Å². The lowest BCUT2D eigenvalue weighted by molar-refractivity contribution is -0.116. The molecule has 1 amide bonds. The molecule has 27 heavy (non-hydrogen) atoms. The topological polar surface area (TPSA) is 77.2 Å². The summed E-state index contributed by atoms with van der Waals surface area (Å²) >= 11 is 0. The van der Waals surface area contributed by atoms with E-state index in [0.717, 1.165) is 34.5 Å². The van der Waals surface area contributed by atoms with Crippen LogP contribution in [0.25, 0.3) is 11.5 Å². The van der Waals surface area contributed by atoms with Crippen molar-refractivity contribution in [1.82, 2.24) is 10.2 Å². The third-order valence-electron chi connectivity index (χ3n) is 4.35. The molecule has 0 aliphatic heterocycles. The van der Waals surface area contributed by atoms with Gasteiger partial charge in [-0.15, -0.1) is 10.2 Å². The Morgan fingerprint density at radius 2 is 2.00 bits per heavy atom. The number of anilines is 1. The summed E-state index contributed by atoms with van der Waals surface area (Å²) in [5.41, 5.74) is 3.86. The fourth-order valence-corrected chi connectivity index (χ4v) is 2.85. The lowest BCUT2D eigenvalue weighted by Gasteiger charge is -2.12. The number of aromatic nitrogens is 2. The standard InChI is InChI=1S/C21H23N3O3/c1-4-15-8-5-7-14(2)20(15)22-18(25)11-12-19-23-24-21(27-19)16-9-6-10-17(13-16)26-3/h5-10,13H,4,11-12H2,1-3H3,(H,22,25). The van der Waals surface area contributed by atoms with Gasteiger partial charge in [0.25, 0.3) is 0 Å². The minimum Gasteiger partial charge on any atom is -0.497 e. The Hall–Kier alpha value is -3.15. The fourth-order valence-electron chi connectivity index (χ4n) is 2.85. The van der Waals surface area contributed by atoms with Gasteiger partial charge in [-0.05, 0) is 42.7 Å². The van der Waals surface area contributed by atoms with Crippen molar-refractivity contribution in [3.8, 4) is 17.2 Å². The average molecular weight is 365 g/mol. The highest BCUT2D eigenvalue weighted by molar-refractivity contribution is 5.92. The van der Waals surface area contributed by atoms with Crippen molar-refractivity contribution in [2.45, 2.75) is 33.1 Å². The molecular weight excluding hydrogens is 342 g/mol. The number of hydrogen-bond acceptors (Lipinski definition) is 5. The maximum Gasteiger partial charge on any atom is 0.247 e. The van der Waals surface area contributed by atoms with Crippen LogP contribution in [0.4, 0.5) is 5.69 Å². The number of hydrogen-bond donors (Lipinski definition) is 1. The number of aryl methyl sites for hydroxylation is 3. The van der Waals surface area contributed by atoms with E-state index < -0.39 is 0 Å². The van der Waals surface area contributed by atoms with Crippen LogP contribution in [0.2, 0.25) is 0 Å². The highest BCUT2D eigenvalue weighted by atomic mass is 16.5. The summed E-state index contributed by atoms with van der Waals surface area (Å²) in [4.78, 5) is 12.3. The molecule has 3 aromatic rings. The summed E-state index contributed by atoms with van der Waals surface area (Å²) < 4.78 is 10.9. The van der Waals surface area contributed by atoms with Gasteiger partial charge in [0, 0.05) is 24.1 Å². The van der Waals surface area contributed by atoms with Crippen molar-refractivity contribution in [2.24, 2.45) is 0 Å². The van der Waals surface area contributed by atoms with E-state index in [0.29, 0.717) is 18.2 Å². The number of benzene rings is 2. The number of amides is 1. The number of carbonyl (C=O) groups excluding carboxylic acids is 1. The van der Waals surface area contributed by atoms with Gasteiger partial charge in [-0.2, -0.15) is 0 Å². The first-order valence-corrected chi connectivity index (χ1v) is 8.96. The number of nitrogens with zero attached hydrogens (tertiary/aromatic N) is 2. The molecule has 0 atom stereocenters. The normalized spacial score (nSPS) is 10.6. The van der Waals surface area contributed by atoms with E-state index in [1.54, 1.807) is 7.11 Å². The number of carbonyl (C=O) groups is 1. The van der Waals surface area contributed by atoms with Crippen LogP contribution >= 0.6 is 0 Å². The number of ether oxygens (including phenoxy) is 1. The first-order valence-electron chi connectivity index (χ1n) is 8.96. The zero-order valence-electron chi connectivity index (χ0n) is 15.8. The maximum atomic E-state index is 12.3. The third kappa shape index (κ3) is 4.53. The minimum atomic E-state index is -0.0693. The summed E-state index contributed by atoms with van der Waals surface area (Å²) in [6.45, 7) is 4.07. The lowest BCUT2D eigenvalue weighted by Crippen LogP contribution is -2.14. The number of para-hydroxylation sites is 1. The molecule has 0 radical (unpaired) electrons. The number of nitrogens with one attached hydrogen (secondary N) is 1. The van der Waals surface area contributed by atoms with Gasteiger partial charge < -0.3 is 14.5 Å². The van der Waals surface area contributed by atoms with Crippen molar-refractivity contribution >= 4 is 11.6 Å². The van der Waals surface area contributed by atoms with Crippen molar-refractivity contribution in [3.05, 3.63) is 59.5 Å². The first-order chi connectivity index (χ1) is 13.1. The van der Waals surface area contributed by atoms with E-state index in [1.807, 2.05) is 49.4 Å². The Morgan fingerprint density at radius 3 is 2.78 bits per heavy atom. The van der Waals surface area contributed by atoms with Gasteiger partial charge >= 0.3 is 0 Å². The van der Waals surface area contributed by atoms with E-state index in [9.17, 15) is 4.79 Å². The summed E-state index contributed by atoms with van der Waals surface area (Å²) in [5, 5.41) is 11.1. The fraction of sp³-hybridized carbons (Fsp3) is 0.286. The molecule has 0 spiro atoms. The summed E-state index contributed by atoms with van der Waals surface area (Å²) in [5.74, 6) is 1.50. The molecule has 3 rings (SSSR count). The largest absolute Gasteiger partial charge is 0.497 e. The van der Waals surface area contributed by atoms with Gasteiger partial charge in [0.1, 0.15) is 5.75 Å². The first kappa shape index (κ1) is 18.6. The molecule has 0 saturated heterocycles. The Kier molecular flexibility index (Phi) is 5.86. The Morgan fingerprint density at radius 1 is 1.19 bits per heavy atom. The molecule has 6 heteroatoms. The van der Waals surface area contributed by atoms with Crippen molar-refractivity contribution in [2.75, 3.05) is 12.4 Å². The molecule has 2 aromatic carbocycles. The zero-order valence-corrected chi connectivity index (χ0v) is 15.8. The Balaban J connectivity index is 1.62. The third-order valence-corrected chi connectivity index (χ3v) is 4.35. The number of rotatable bonds is 7. The van der Waals surface area contributed by atoms with Crippen LogP contribution < -0.4 is 10.1 Å². The summed E-state index contributed by atoms with van der Waals surface area (Å²) in [6.07, 6.45) is 1.53. The second-order valence-corrected chi connectivity index (χ2v) is 6.24. The predicted octanol–water partition coefficient (Wildman–Crippen LogP) is 4.19. The van der Waals surface area contributed by atoms with E-state index in [2.05, 4.69) is 22.4 Å². The quantitative estimate of drug-likeness (QED) is 0.679. The van der Waals surface area contributed by atoms with Crippen LogP contribution in [0.3, 0.4) is 0 Å². The average Bonchev–Trinajstić information content (AvgIpc) is 3.17. The van der Waals surface area contributed by atoms with Crippen LogP contribution in [0.5, 0.6) is 5.75 Å². The highest BCUT2D eigenvalue weighted by Gasteiger charge is 2.13. The minimum absolute atomic E-state index is 0.0693. The molecular formula is C21H23N3O3. The van der Waals surface area contributed by atoms with Crippen LogP contribution in [0.15, 0.2) is 46.9 Å². The highest BCUT2D eigenvalue weighted by Crippen LogP contribution is 2.24. The van der Waals surface area contributed by atoms with Crippen LogP contribution in [0, 0.1) is 6.92 Å². The Bertz CT molecular complexity index is 934. The molecule has 6 nitrogen and oxygen atoms in total. The summed E-state index contributed by atoms with van der Waals surface area (Å²) in [6, 6.07) is 13.4. The molecule has 1 aromatic heterocycles. The lowest BCUT2D eigenvalue weighted by atomic mass is 10.1. The van der Waals surface area contributed by atoms with Gasteiger partial charge in [0.15, 0.2) is 0 Å². The molecule has 0 unspecified atom stereocenters. The van der Waals surface area contributed by atoms with Gasteiger partial charge in [-0.1, -0.05) is 31.2 Å². The van der Waals surface area contributed by atoms with Crippen molar-refractivity contribution in [3.63, 3.8) is 0 Å². The molecule has 0 aliphatic rings. The van der Waals surface area contributed by atoms with Gasteiger partial charge in [0.05, 0.1) is 7.11 Å². The maximum absolute atomic E-state index is 12.3. The monoisotopic (exact) mass is 365 g/mol. The van der Waals surface area contributed by atoms with Gasteiger partial charge in [-0.25, -0.2) is 0 Å². The van der Waals surface area contributed by atoms with E-state index in [-0.39, 0.29) is 12.3 Å². The van der Waals surface area contributed by atoms with Crippen molar-refractivity contribution < 1.29 is 13.9 Å². The SMILES string of the molecule is CCc1cccc(C)c1NC(=O)CCc1nnc(-c2cccc(OC)c2)o1. The second kappa shape index (κ2) is 8.49. The molecule has 0 saturated carbocycles. The molecule has 0 bridgehead atoms. The van der Waals surface area contributed by atoms with Crippen LogP contribution in [-0.4, -0.2) is 23.2 Å². The van der Waals surface area contributed by atoms with Gasteiger partial charge in [-0.3, -0.25) is 4.79 Å². The molecule has 1 heterocycles. The Labute approximate surface area is 158 Å². The molecule has 0 aliphatic carbocycles. The zero-order chi connectivity index (χ0) is 19.2. The van der Waals surface area contributed by atoms with Crippen LogP contribution in [-0.2, 0) is 17.6 Å². The van der Waals surface area contributed by atoms with E-state index >= 15 is 0 Å². The predicted molar refractivity (Wildman–Crippen MR) is 104 cm³/mol. The number of methoxy groups -OCH3 is 1. The summed E-state index contributed by atoms with van der Waals surface area (Å²) in [7, 11) is 1.61. The van der Waals surface area contributed by atoms with Crippen molar-refractivity contribution in [1.29, 1.82) is 0 Å². The molecule has 1 N–H and O–H groups in total. The van der Waals surface area contributed by atoms with Crippen LogP contribution in [0.1, 0.15) is 30.4 Å². The smallest absolute Gasteiger partial charge is 0.247 e. The van der Waals surface area contributed by atoms with E-state index in [1.165, 1.54) is 0 Å². The molecule has 0 fully saturated rings. The molecule has 140 valence electrons.